The maximum Gasteiger partial charge on any atom is 0.129 e. The fourth-order valence-corrected chi connectivity index (χ4v) is 3.28. The number of rotatable bonds is 4. The molecule has 1 aliphatic rings. The lowest BCUT2D eigenvalue weighted by Gasteiger charge is -2.35. The minimum Gasteiger partial charge on any atom is -0.310 e. The van der Waals surface area contributed by atoms with Crippen molar-refractivity contribution in [2.45, 2.75) is 52.1 Å². The van der Waals surface area contributed by atoms with Crippen LogP contribution in [0.15, 0.2) is 18.2 Å². The summed E-state index contributed by atoms with van der Waals surface area (Å²) >= 11 is 5.77. The van der Waals surface area contributed by atoms with Gasteiger partial charge in [0, 0.05) is 23.2 Å². The fraction of sp³-hybridized carbons (Fsp3) is 0.625. The Bertz CT molecular complexity index is 419. The second-order valence-corrected chi connectivity index (χ2v) is 6.35. The van der Waals surface area contributed by atoms with E-state index in [0.717, 1.165) is 0 Å². The van der Waals surface area contributed by atoms with Gasteiger partial charge in [-0.15, -0.1) is 0 Å². The van der Waals surface area contributed by atoms with E-state index in [4.69, 9.17) is 11.6 Å². The molecule has 0 spiro atoms. The van der Waals surface area contributed by atoms with Crippen LogP contribution in [0.5, 0.6) is 0 Å². The molecule has 1 saturated carbocycles. The molecule has 1 aromatic carbocycles. The van der Waals surface area contributed by atoms with E-state index in [1.807, 2.05) is 0 Å². The Morgan fingerprint density at radius 1 is 1.32 bits per heavy atom. The molecule has 3 heteroatoms. The monoisotopic (exact) mass is 283 g/mol. The average Bonchev–Trinajstić information content (AvgIpc) is 2.38. The smallest absolute Gasteiger partial charge is 0.129 e. The minimum atomic E-state index is -0.211. The third-order valence-electron chi connectivity index (χ3n) is 4.25. The van der Waals surface area contributed by atoms with Gasteiger partial charge in [-0.1, -0.05) is 44.4 Å². The normalized spacial score (nSPS) is 23.8. The van der Waals surface area contributed by atoms with E-state index in [0.29, 0.717) is 35.0 Å². The minimum absolute atomic E-state index is 0.211. The molecule has 1 aromatic rings. The van der Waals surface area contributed by atoms with Crippen LogP contribution in [0.2, 0.25) is 5.02 Å². The molecule has 1 fully saturated rings. The zero-order chi connectivity index (χ0) is 13.8. The topological polar surface area (TPSA) is 12.0 Å². The van der Waals surface area contributed by atoms with Crippen LogP contribution in [0.1, 0.15) is 45.1 Å². The van der Waals surface area contributed by atoms with Crippen molar-refractivity contribution < 1.29 is 4.39 Å². The van der Waals surface area contributed by atoms with Gasteiger partial charge in [0.25, 0.3) is 0 Å². The van der Waals surface area contributed by atoms with Crippen LogP contribution in [0.4, 0.5) is 4.39 Å². The van der Waals surface area contributed by atoms with Crippen molar-refractivity contribution in [3.05, 3.63) is 34.6 Å². The second-order valence-electron chi connectivity index (χ2n) is 5.92. The van der Waals surface area contributed by atoms with E-state index in [2.05, 4.69) is 19.2 Å². The quantitative estimate of drug-likeness (QED) is 0.838. The number of hydrogen-bond acceptors (Lipinski definition) is 1. The highest BCUT2D eigenvalue weighted by molar-refractivity contribution is 6.30. The van der Waals surface area contributed by atoms with Crippen molar-refractivity contribution in [3.8, 4) is 0 Å². The maximum absolute atomic E-state index is 13.7. The van der Waals surface area contributed by atoms with Crippen molar-refractivity contribution in [1.29, 1.82) is 0 Å². The van der Waals surface area contributed by atoms with E-state index in [1.165, 1.54) is 31.7 Å². The van der Waals surface area contributed by atoms with Gasteiger partial charge < -0.3 is 5.32 Å². The van der Waals surface area contributed by atoms with E-state index in [9.17, 15) is 4.39 Å². The van der Waals surface area contributed by atoms with Crippen molar-refractivity contribution in [2.75, 3.05) is 0 Å². The van der Waals surface area contributed by atoms with Crippen LogP contribution in [-0.4, -0.2) is 6.04 Å². The maximum atomic E-state index is 13.7. The summed E-state index contributed by atoms with van der Waals surface area (Å²) in [6.07, 6.45) is 5.11. The molecular weight excluding hydrogens is 261 g/mol. The summed E-state index contributed by atoms with van der Waals surface area (Å²) in [5.41, 5.74) is 0.706. The largest absolute Gasteiger partial charge is 0.310 e. The molecule has 1 aliphatic carbocycles. The highest BCUT2D eigenvalue weighted by Crippen LogP contribution is 2.30. The van der Waals surface area contributed by atoms with E-state index >= 15 is 0 Å². The second kappa shape index (κ2) is 6.71. The number of benzene rings is 1. The summed E-state index contributed by atoms with van der Waals surface area (Å²) < 4.78 is 13.7. The summed E-state index contributed by atoms with van der Waals surface area (Å²) in [6, 6.07) is 5.43. The Kier molecular flexibility index (Phi) is 5.23. The van der Waals surface area contributed by atoms with Crippen molar-refractivity contribution in [2.24, 2.45) is 11.8 Å². The first kappa shape index (κ1) is 14.8. The molecule has 106 valence electrons. The Morgan fingerprint density at radius 2 is 2.05 bits per heavy atom. The summed E-state index contributed by atoms with van der Waals surface area (Å²) in [5, 5.41) is 4.00. The lowest BCUT2D eigenvalue weighted by Crippen LogP contribution is -2.40. The Hall–Kier alpha value is -0.600. The predicted octanol–water partition coefficient (Wildman–Crippen LogP) is 4.78. The van der Waals surface area contributed by atoms with E-state index in [1.54, 1.807) is 12.1 Å². The molecule has 0 aromatic heterocycles. The predicted molar refractivity (Wildman–Crippen MR) is 78.8 cm³/mol. The summed E-state index contributed by atoms with van der Waals surface area (Å²) in [6.45, 7) is 5.16. The highest BCUT2D eigenvalue weighted by Gasteiger charge is 2.27. The molecule has 0 radical (unpaired) electrons. The van der Waals surface area contributed by atoms with E-state index < -0.39 is 0 Å². The van der Waals surface area contributed by atoms with Gasteiger partial charge in [-0.25, -0.2) is 4.39 Å². The number of hydrogen-bond donors (Lipinski definition) is 1. The standard InChI is InChI=1S/C16H23ClFN/c1-11(2)14-5-3-4-6-16(14)19-10-12-7-8-13(17)9-15(12)18/h7-9,11,14,16,19H,3-6,10H2,1-2H3. The van der Waals surface area contributed by atoms with Gasteiger partial charge in [0.15, 0.2) is 0 Å². The van der Waals surface area contributed by atoms with Crippen molar-refractivity contribution in [3.63, 3.8) is 0 Å². The van der Waals surface area contributed by atoms with Crippen molar-refractivity contribution in [1.82, 2.24) is 5.32 Å². The molecular formula is C16H23ClFN. The van der Waals surface area contributed by atoms with Gasteiger partial charge >= 0.3 is 0 Å². The van der Waals surface area contributed by atoms with Crippen LogP contribution >= 0.6 is 11.6 Å². The molecule has 0 bridgehead atoms. The molecule has 0 aliphatic heterocycles. The summed E-state index contributed by atoms with van der Waals surface area (Å²) in [5.74, 6) is 1.19. The van der Waals surface area contributed by atoms with Crippen LogP contribution in [0, 0.1) is 17.7 Å². The van der Waals surface area contributed by atoms with Gasteiger partial charge in [-0.2, -0.15) is 0 Å². The van der Waals surface area contributed by atoms with Gasteiger partial charge in [0.1, 0.15) is 5.82 Å². The van der Waals surface area contributed by atoms with Gasteiger partial charge in [-0.05, 0) is 36.8 Å². The molecule has 2 unspecified atom stereocenters. The molecule has 0 amide bonds. The first-order valence-corrected chi connectivity index (χ1v) is 7.63. The molecule has 0 heterocycles. The molecule has 1 nitrogen and oxygen atoms in total. The molecule has 0 saturated heterocycles. The molecule has 1 N–H and O–H groups in total. The van der Waals surface area contributed by atoms with Crippen LogP contribution in [0.25, 0.3) is 0 Å². The van der Waals surface area contributed by atoms with Crippen molar-refractivity contribution >= 4 is 11.6 Å². The number of halogens is 2. The lowest BCUT2D eigenvalue weighted by atomic mass is 9.78. The zero-order valence-electron chi connectivity index (χ0n) is 11.8. The average molecular weight is 284 g/mol. The molecule has 2 rings (SSSR count). The van der Waals surface area contributed by atoms with Gasteiger partial charge in [-0.3, -0.25) is 0 Å². The molecule has 2 atom stereocenters. The Balaban J connectivity index is 1.96. The van der Waals surface area contributed by atoms with E-state index in [-0.39, 0.29) is 5.82 Å². The first-order valence-electron chi connectivity index (χ1n) is 7.25. The fourth-order valence-electron chi connectivity index (χ4n) is 3.12. The zero-order valence-corrected chi connectivity index (χ0v) is 12.5. The number of nitrogens with one attached hydrogen (secondary N) is 1. The SMILES string of the molecule is CC(C)C1CCCCC1NCc1ccc(Cl)cc1F. The Morgan fingerprint density at radius 3 is 2.74 bits per heavy atom. The third kappa shape index (κ3) is 3.93. The summed E-state index contributed by atoms with van der Waals surface area (Å²) in [4.78, 5) is 0. The highest BCUT2D eigenvalue weighted by atomic mass is 35.5. The van der Waals surface area contributed by atoms with Gasteiger partial charge in [0.2, 0.25) is 0 Å². The molecule has 19 heavy (non-hydrogen) atoms. The first-order chi connectivity index (χ1) is 9.08. The lowest BCUT2D eigenvalue weighted by molar-refractivity contribution is 0.204. The summed E-state index contributed by atoms with van der Waals surface area (Å²) in [7, 11) is 0. The third-order valence-corrected chi connectivity index (χ3v) is 4.48. The Labute approximate surface area is 120 Å². The van der Waals surface area contributed by atoms with Crippen LogP contribution < -0.4 is 5.32 Å². The van der Waals surface area contributed by atoms with Crippen LogP contribution in [0.3, 0.4) is 0 Å². The van der Waals surface area contributed by atoms with Gasteiger partial charge in [0.05, 0.1) is 0 Å². The van der Waals surface area contributed by atoms with Crippen LogP contribution in [-0.2, 0) is 6.54 Å².